The van der Waals surface area contributed by atoms with Crippen LogP contribution in [0.5, 0.6) is 0 Å². The van der Waals surface area contributed by atoms with Gasteiger partial charge in [-0.1, -0.05) is 36.4 Å². The summed E-state index contributed by atoms with van der Waals surface area (Å²) >= 11 is 0. The van der Waals surface area contributed by atoms with Gasteiger partial charge in [0.05, 0.1) is 5.69 Å². The molecule has 1 amide bonds. The molecule has 1 aliphatic heterocycles. The summed E-state index contributed by atoms with van der Waals surface area (Å²) < 4.78 is 9.94. The maximum absolute atomic E-state index is 12.0. The quantitative estimate of drug-likeness (QED) is 0.535. The van der Waals surface area contributed by atoms with Gasteiger partial charge in [0.1, 0.15) is 31.0 Å². The summed E-state index contributed by atoms with van der Waals surface area (Å²) in [5, 5.41) is 42.7. The molecule has 1 heterocycles. The summed E-state index contributed by atoms with van der Waals surface area (Å²) in [6, 6.07) is 12.9. The van der Waals surface area contributed by atoms with Crippen molar-refractivity contribution in [1.82, 2.24) is 0 Å². The second-order valence-corrected chi connectivity index (χ2v) is 5.79. The highest BCUT2D eigenvalue weighted by Gasteiger charge is 2.43. The predicted octanol–water partition coefficient (Wildman–Crippen LogP) is 0.188. The maximum Gasteiger partial charge on any atom is 0.411 e. The Balaban J connectivity index is 1.61. The van der Waals surface area contributed by atoms with Crippen LogP contribution in [0, 0.1) is 0 Å². The predicted molar refractivity (Wildman–Crippen MR) is 87.8 cm³/mol. The standard InChI is InChI=1S/C17H19NO7/c19-13-12(25-16(22)15(21)14(13)20)8-24-17(23)18-11-7-3-5-9-4-1-2-6-10(9)11/h1-7,12-16,19-22H,8H2,(H,18,23)/t12-,13+,14+,15-,16+/m1/s1. The maximum atomic E-state index is 12.0. The first kappa shape index (κ1) is 17.6. The van der Waals surface area contributed by atoms with Crippen molar-refractivity contribution in [3.05, 3.63) is 42.5 Å². The van der Waals surface area contributed by atoms with Crippen LogP contribution in [-0.2, 0) is 9.47 Å². The van der Waals surface area contributed by atoms with Gasteiger partial charge < -0.3 is 29.9 Å². The average molecular weight is 349 g/mol. The number of hydrogen-bond acceptors (Lipinski definition) is 7. The lowest BCUT2D eigenvalue weighted by atomic mass is 9.99. The Morgan fingerprint density at radius 3 is 2.52 bits per heavy atom. The fourth-order valence-electron chi connectivity index (χ4n) is 2.71. The number of rotatable bonds is 3. The number of nitrogens with one attached hydrogen (secondary N) is 1. The number of anilines is 1. The van der Waals surface area contributed by atoms with E-state index in [0.29, 0.717) is 5.69 Å². The van der Waals surface area contributed by atoms with Crippen molar-refractivity contribution in [3.63, 3.8) is 0 Å². The Bertz CT molecular complexity index is 747. The summed E-state index contributed by atoms with van der Waals surface area (Å²) in [6.45, 7) is -0.404. The second-order valence-electron chi connectivity index (χ2n) is 5.79. The number of hydrogen-bond donors (Lipinski definition) is 5. The van der Waals surface area contributed by atoms with E-state index in [2.05, 4.69) is 5.32 Å². The van der Waals surface area contributed by atoms with Gasteiger partial charge in [-0.15, -0.1) is 0 Å². The smallest absolute Gasteiger partial charge is 0.411 e. The molecule has 0 saturated carbocycles. The molecule has 25 heavy (non-hydrogen) atoms. The molecule has 5 atom stereocenters. The van der Waals surface area contributed by atoms with Gasteiger partial charge in [0.2, 0.25) is 0 Å². The van der Waals surface area contributed by atoms with Crippen LogP contribution in [0.2, 0.25) is 0 Å². The molecular weight excluding hydrogens is 330 g/mol. The molecule has 134 valence electrons. The van der Waals surface area contributed by atoms with E-state index in [4.69, 9.17) is 9.47 Å². The van der Waals surface area contributed by atoms with Crippen LogP contribution in [-0.4, -0.2) is 63.8 Å². The van der Waals surface area contributed by atoms with E-state index in [0.717, 1.165) is 10.8 Å². The number of aliphatic hydroxyl groups is 4. The third-order valence-electron chi connectivity index (χ3n) is 4.09. The summed E-state index contributed by atoms with van der Waals surface area (Å²) in [5.41, 5.74) is 0.559. The van der Waals surface area contributed by atoms with Crippen LogP contribution >= 0.6 is 0 Å². The van der Waals surface area contributed by atoms with Crippen LogP contribution in [0.1, 0.15) is 0 Å². The molecular formula is C17H19NO7. The number of carbonyl (C=O) groups is 1. The second kappa shape index (κ2) is 7.34. The van der Waals surface area contributed by atoms with Crippen molar-refractivity contribution in [3.8, 4) is 0 Å². The summed E-state index contributed by atoms with van der Waals surface area (Å²) in [4.78, 5) is 12.0. The van der Waals surface area contributed by atoms with E-state index in [1.807, 2.05) is 30.3 Å². The Labute approximate surface area is 143 Å². The average Bonchev–Trinajstić information content (AvgIpc) is 2.62. The first-order chi connectivity index (χ1) is 12.0. The third kappa shape index (κ3) is 3.73. The molecule has 8 nitrogen and oxygen atoms in total. The summed E-state index contributed by atoms with van der Waals surface area (Å²) in [7, 11) is 0. The highest BCUT2D eigenvalue weighted by atomic mass is 16.7. The Kier molecular flexibility index (Phi) is 5.16. The lowest BCUT2D eigenvalue weighted by molar-refractivity contribution is -0.286. The Morgan fingerprint density at radius 1 is 1.00 bits per heavy atom. The van der Waals surface area contributed by atoms with Gasteiger partial charge in [-0.2, -0.15) is 0 Å². The van der Waals surface area contributed by atoms with Gasteiger partial charge >= 0.3 is 6.09 Å². The monoisotopic (exact) mass is 349 g/mol. The third-order valence-corrected chi connectivity index (χ3v) is 4.09. The normalized spacial score (nSPS) is 29.4. The molecule has 0 aromatic heterocycles. The molecule has 5 N–H and O–H groups in total. The van der Waals surface area contributed by atoms with Crippen molar-refractivity contribution in [1.29, 1.82) is 0 Å². The van der Waals surface area contributed by atoms with Crippen molar-refractivity contribution in [2.24, 2.45) is 0 Å². The first-order valence-electron chi connectivity index (χ1n) is 7.76. The Morgan fingerprint density at radius 2 is 1.72 bits per heavy atom. The van der Waals surface area contributed by atoms with E-state index < -0.39 is 43.4 Å². The first-order valence-corrected chi connectivity index (χ1v) is 7.76. The zero-order chi connectivity index (χ0) is 18.0. The van der Waals surface area contributed by atoms with E-state index in [1.54, 1.807) is 12.1 Å². The lowest BCUT2D eigenvalue weighted by Gasteiger charge is -2.37. The minimum atomic E-state index is -1.67. The molecule has 0 unspecified atom stereocenters. The van der Waals surface area contributed by atoms with E-state index >= 15 is 0 Å². The number of carbonyl (C=O) groups excluding carboxylic acids is 1. The molecule has 1 aliphatic rings. The van der Waals surface area contributed by atoms with E-state index in [-0.39, 0.29) is 0 Å². The van der Waals surface area contributed by atoms with Gasteiger partial charge in [0.15, 0.2) is 6.29 Å². The highest BCUT2D eigenvalue weighted by Crippen LogP contribution is 2.23. The van der Waals surface area contributed by atoms with Gasteiger partial charge in [-0.25, -0.2) is 4.79 Å². The molecule has 1 fully saturated rings. The molecule has 0 bridgehead atoms. The summed E-state index contributed by atoms with van der Waals surface area (Å²) in [6.07, 6.45) is -8.33. The highest BCUT2D eigenvalue weighted by molar-refractivity contribution is 6.00. The van der Waals surface area contributed by atoms with Gasteiger partial charge in [-0.05, 0) is 11.5 Å². The minimum absolute atomic E-state index is 0.404. The topological polar surface area (TPSA) is 128 Å². The van der Waals surface area contributed by atoms with Gasteiger partial charge in [0, 0.05) is 5.39 Å². The van der Waals surface area contributed by atoms with Crippen molar-refractivity contribution >= 4 is 22.6 Å². The molecule has 2 aromatic carbocycles. The molecule has 0 aliphatic carbocycles. The fraction of sp³-hybridized carbons (Fsp3) is 0.353. The number of ether oxygens (including phenoxy) is 2. The number of amides is 1. The van der Waals surface area contributed by atoms with Crippen LogP contribution in [0.25, 0.3) is 10.8 Å². The molecule has 1 saturated heterocycles. The van der Waals surface area contributed by atoms with Crippen molar-refractivity contribution < 1.29 is 34.7 Å². The number of benzene rings is 2. The zero-order valence-corrected chi connectivity index (χ0v) is 13.1. The molecule has 2 aromatic rings. The van der Waals surface area contributed by atoms with Gasteiger partial charge in [0.25, 0.3) is 0 Å². The lowest BCUT2D eigenvalue weighted by Crippen LogP contribution is -2.58. The fourth-order valence-corrected chi connectivity index (χ4v) is 2.71. The number of fused-ring (bicyclic) bond motifs is 1. The summed E-state index contributed by atoms with van der Waals surface area (Å²) in [5.74, 6) is 0. The molecule has 3 rings (SSSR count). The molecule has 8 heteroatoms. The van der Waals surface area contributed by atoms with Crippen LogP contribution in [0.3, 0.4) is 0 Å². The van der Waals surface area contributed by atoms with E-state index in [1.165, 1.54) is 0 Å². The largest absolute Gasteiger partial charge is 0.446 e. The minimum Gasteiger partial charge on any atom is -0.446 e. The van der Waals surface area contributed by atoms with Gasteiger partial charge in [-0.3, -0.25) is 5.32 Å². The van der Waals surface area contributed by atoms with Crippen molar-refractivity contribution in [2.45, 2.75) is 30.7 Å². The number of aliphatic hydroxyl groups excluding tert-OH is 4. The zero-order valence-electron chi connectivity index (χ0n) is 13.1. The molecule has 0 spiro atoms. The Hall–Kier alpha value is -2.23. The van der Waals surface area contributed by atoms with Crippen molar-refractivity contribution in [2.75, 3.05) is 11.9 Å². The van der Waals surface area contributed by atoms with Crippen LogP contribution < -0.4 is 5.32 Å². The van der Waals surface area contributed by atoms with Crippen LogP contribution in [0.4, 0.5) is 10.5 Å². The van der Waals surface area contributed by atoms with Crippen LogP contribution in [0.15, 0.2) is 42.5 Å². The SMILES string of the molecule is O=C(Nc1cccc2ccccc12)OC[C@H]1O[C@H](O)[C@H](O)[C@@H](O)[C@H]1O. The van der Waals surface area contributed by atoms with E-state index in [9.17, 15) is 25.2 Å². The molecule has 0 radical (unpaired) electrons.